The highest BCUT2D eigenvalue weighted by atomic mass is 16.5. The fourth-order valence-corrected chi connectivity index (χ4v) is 1.88. The molecule has 0 saturated heterocycles. The van der Waals surface area contributed by atoms with Crippen molar-refractivity contribution in [2.45, 2.75) is 25.3 Å². The molecule has 5 nitrogen and oxygen atoms in total. The molecular formula is C13H15N3O2. The molecule has 0 spiro atoms. The van der Waals surface area contributed by atoms with Crippen LogP contribution >= 0.6 is 0 Å². The predicted molar refractivity (Wildman–Crippen MR) is 65.1 cm³/mol. The molecule has 2 rings (SSSR count). The smallest absolute Gasteiger partial charge is 0.259 e. The minimum atomic E-state index is -0.0994. The summed E-state index contributed by atoms with van der Waals surface area (Å²) in [5.74, 6) is 0.239. The first kappa shape index (κ1) is 12.4. The number of nitriles is 1. The van der Waals surface area contributed by atoms with Gasteiger partial charge in [-0.25, -0.2) is 4.98 Å². The highest BCUT2D eigenvalue weighted by Gasteiger charge is 2.33. The molecule has 0 bridgehead atoms. The van der Waals surface area contributed by atoms with Gasteiger partial charge < -0.3 is 9.64 Å². The summed E-state index contributed by atoms with van der Waals surface area (Å²) in [5.41, 5.74) is 0.463. The summed E-state index contributed by atoms with van der Waals surface area (Å²) in [5, 5.41) is 8.65. The summed E-state index contributed by atoms with van der Waals surface area (Å²) in [6.07, 6.45) is 3.97. The van der Waals surface area contributed by atoms with Crippen LogP contribution in [-0.4, -0.2) is 35.5 Å². The molecule has 0 atom stereocenters. The molecule has 0 N–H and O–H groups in total. The van der Waals surface area contributed by atoms with E-state index in [0.717, 1.165) is 12.8 Å². The second-order valence-corrected chi connectivity index (χ2v) is 4.20. The van der Waals surface area contributed by atoms with E-state index in [1.807, 2.05) is 0 Å². The molecular weight excluding hydrogens is 230 g/mol. The molecule has 18 heavy (non-hydrogen) atoms. The zero-order valence-corrected chi connectivity index (χ0v) is 10.3. The van der Waals surface area contributed by atoms with Gasteiger partial charge in [0.15, 0.2) is 0 Å². The minimum absolute atomic E-state index is 0.0994. The molecule has 1 amide bonds. The number of amides is 1. The first-order valence-electron chi connectivity index (χ1n) is 5.95. The molecule has 0 aromatic carbocycles. The number of carbonyl (C=O) groups is 1. The second-order valence-electron chi connectivity index (χ2n) is 4.20. The first-order valence-corrected chi connectivity index (χ1v) is 5.95. The monoisotopic (exact) mass is 245 g/mol. The molecule has 1 heterocycles. The minimum Gasteiger partial charge on any atom is -0.480 e. The van der Waals surface area contributed by atoms with Gasteiger partial charge in [-0.2, -0.15) is 5.26 Å². The Labute approximate surface area is 106 Å². The molecule has 1 aromatic heterocycles. The van der Waals surface area contributed by atoms with Crippen LogP contribution in [0.3, 0.4) is 0 Å². The molecule has 94 valence electrons. The molecule has 1 aromatic rings. The van der Waals surface area contributed by atoms with Crippen LogP contribution in [0.5, 0.6) is 5.88 Å². The molecule has 0 radical (unpaired) electrons. The van der Waals surface area contributed by atoms with Crippen LogP contribution in [-0.2, 0) is 0 Å². The summed E-state index contributed by atoms with van der Waals surface area (Å²) in [4.78, 5) is 18.2. The lowest BCUT2D eigenvalue weighted by atomic mass is 10.2. The van der Waals surface area contributed by atoms with Crippen molar-refractivity contribution in [1.82, 2.24) is 9.88 Å². The van der Waals surface area contributed by atoms with Gasteiger partial charge in [0.2, 0.25) is 5.88 Å². The SMILES string of the molecule is COc1ncccc1C(=O)N(CCC#N)C1CC1. The third-order valence-electron chi connectivity index (χ3n) is 2.91. The zero-order chi connectivity index (χ0) is 13.0. The third kappa shape index (κ3) is 2.59. The normalized spacial score (nSPS) is 13.8. The highest BCUT2D eigenvalue weighted by molar-refractivity contribution is 5.96. The van der Waals surface area contributed by atoms with Gasteiger partial charge in [-0.15, -0.1) is 0 Å². The lowest BCUT2D eigenvalue weighted by molar-refractivity contribution is 0.0742. The van der Waals surface area contributed by atoms with Gasteiger partial charge in [0.1, 0.15) is 5.56 Å². The number of carbonyl (C=O) groups excluding carboxylic acids is 1. The van der Waals surface area contributed by atoms with Crippen LogP contribution in [0.15, 0.2) is 18.3 Å². The van der Waals surface area contributed by atoms with Crippen molar-refractivity contribution in [3.8, 4) is 11.9 Å². The summed E-state index contributed by atoms with van der Waals surface area (Å²) in [7, 11) is 1.50. The quantitative estimate of drug-likeness (QED) is 0.790. The van der Waals surface area contributed by atoms with Gasteiger partial charge in [-0.3, -0.25) is 4.79 Å². The van der Waals surface area contributed by atoms with E-state index < -0.39 is 0 Å². The molecule has 1 aliphatic rings. The maximum absolute atomic E-state index is 12.4. The number of rotatable bonds is 5. The lowest BCUT2D eigenvalue weighted by Crippen LogP contribution is -2.34. The van der Waals surface area contributed by atoms with Crippen molar-refractivity contribution < 1.29 is 9.53 Å². The number of nitrogens with zero attached hydrogens (tertiary/aromatic N) is 3. The van der Waals surface area contributed by atoms with Crippen molar-refractivity contribution in [2.75, 3.05) is 13.7 Å². The van der Waals surface area contributed by atoms with Gasteiger partial charge in [0, 0.05) is 18.8 Å². The molecule has 0 aliphatic heterocycles. The molecule has 0 unspecified atom stereocenters. The van der Waals surface area contributed by atoms with Gasteiger partial charge in [-0.1, -0.05) is 0 Å². The maximum atomic E-state index is 12.4. The maximum Gasteiger partial charge on any atom is 0.259 e. The molecule has 1 fully saturated rings. The second kappa shape index (κ2) is 5.50. The van der Waals surface area contributed by atoms with Gasteiger partial charge in [0.05, 0.1) is 19.6 Å². The van der Waals surface area contributed by atoms with Crippen molar-refractivity contribution in [1.29, 1.82) is 5.26 Å². The average molecular weight is 245 g/mol. The predicted octanol–water partition coefficient (Wildman–Crippen LogP) is 1.61. The number of ether oxygens (including phenoxy) is 1. The van der Waals surface area contributed by atoms with Crippen LogP contribution in [0.25, 0.3) is 0 Å². The summed E-state index contributed by atoms with van der Waals surface area (Å²) in [6, 6.07) is 5.77. The summed E-state index contributed by atoms with van der Waals surface area (Å²) < 4.78 is 5.10. The Morgan fingerprint density at radius 3 is 3.06 bits per heavy atom. The lowest BCUT2D eigenvalue weighted by Gasteiger charge is -2.21. The number of hydrogen-bond donors (Lipinski definition) is 0. The van der Waals surface area contributed by atoms with Crippen LogP contribution in [0, 0.1) is 11.3 Å². The van der Waals surface area contributed by atoms with Crippen molar-refractivity contribution in [3.05, 3.63) is 23.9 Å². The highest BCUT2D eigenvalue weighted by Crippen LogP contribution is 2.29. The van der Waals surface area contributed by atoms with E-state index in [1.165, 1.54) is 7.11 Å². The van der Waals surface area contributed by atoms with E-state index in [2.05, 4.69) is 11.1 Å². The molecule has 1 aliphatic carbocycles. The van der Waals surface area contributed by atoms with Gasteiger partial charge in [0.25, 0.3) is 5.91 Å². The number of pyridine rings is 1. The number of hydrogen-bond acceptors (Lipinski definition) is 4. The Kier molecular flexibility index (Phi) is 3.78. The fourth-order valence-electron chi connectivity index (χ4n) is 1.88. The van der Waals surface area contributed by atoms with Crippen LogP contribution in [0.4, 0.5) is 0 Å². The summed E-state index contributed by atoms with van der Waals surface area (Å²) >= 11 is 0. The van der Waals surface area contributed by atoms with Crippen molar-refractivity contribution in [3.63, 3.8) is 0 Å². The Morgan fingerprint density at radius 2 is 2.44 bits per heavy atom. The van der Waals surface area contributed by atoms with Crippen LogP contribution in [0.1, 0.15) is 29.6 Å². The Hall–Kier alpha value is -2.09. The molecule has 1 saturated carbocycles. The van der Waals surface area contributed by atoms with Crippen molar-refractivity contribution in [2.24, 2.45) is 0 Å². The topological polar surface area (TPSA) is 66.2 Å². The average Bonchev–Trinajstić information content (AvgIpc) is 3.23. The van der Waals surface area contributed by atoms with E-state index >= 15 is 0 Å². The van der Waals surface area contributed by atoms with Crippen molar-refractivity contribution >= 4 is 5.91 Å². The standard InChI is InChI=1S/C13H15N3O2/c1-18-12-11(4-2-8-15-12)13(17)16(9-3-7-14)10-5-6-10/h2,4,8,10H,3,5-6,9H2,1H3. The van der Waals surface area contributed by atoms with E-state index in [0.29, 0.717) is 24.4 Å². The summed E-state index contributed by atoms with van der Waals surface area (Å²) in [6.45, 7) is 0.470. The van der Waals surface area contributed by atoms with E-state index in [-0.39, 0.29) is 11.9 Å². The van der Waals surface area contributed by atoms with Gasteiger partial charge in [-0.05, 0) is 25.0 Å². The van der Waals surface area contributed by atoms with E-state index in [4.69, 9.17) is 10.00 Å². The third-order valence-corrected chi connectivity index (χ3v) is 2.91. The van der Waals surface area contributed by atoms with E-state index in [1.54, 1.807) is 23.2 Å². The van der Waals surface area contributed by atoms with Crippen LogP contribution in [0.2, 0.25) is 0 Å². The van der Waals surface area contributed by atoms with Crippen LogP contribution < -0.4 is 4.74 Å². The fraction of sp³-hybridized carbons (Fsp3) is 0.462. The molecule has 5 heteroatoms. The zero-order valence-electron chi connectivity index (χ0n) is 10.3. The largest absolute Gasteiger partial charge is 0.480 e. The van der Waals surface area contributed by atoms with E-state index in [9.17, 15) is 4.79 Å². The Bertz CT molecular complexity index is 477. The Morgan fingerprint density at radius 1 is 1.67 bits per heavy atom. The number of methoxy groups -OCH3 is 1. The van der Waals surface area contributed by atoms with Gasteiger partial charge >= 0.3 is 0 Å². The Balaban J connectivity index is 2.19. The number of aromatic nitrogens is 1. The first-order chi connectivity index (χ1) is 8.77.